The Morgan fingerprint density at radius 2 is 1.55 bits per heavy atom. The van der Waals surface area contributed by atoms with Crippen molar-refractivity contribution in [1.82, 2.24) is 0 Å². The Morgan fingerprint density at radius 1 is 1.09 bits per heavy atom. The van der Waals surface area contributed by atoms with Crippen LogP contribution >= 0.6 is 0 Å². The molecule has 0 aliphatic rings. The Kier molecular flexibility index (Phi) is 11.4. The van der Waals surface area contributed by atoms with Crippen molar-refractivity contribution >= 4 is 0 Å². The third kappa shape index (κ3) is 5.94. The van der Waals surface area contributed by atoms with Crippen molar-refractivity contribution in [2.75, 3.05) is 0 Å². The van der Waals surface area contributed by atoms with Gasteiger partial charge in [0.15, 0.2) is 0 Å². The molecule has 0 aliphatic heterocycles. The molecule has 1 aromatic carbocycles. The third-order valence-electron chi connectivity index (χ3n) is 1.26. The molecule has 0 N–H and O–H groups in total. The molecule has 0 aromatic heterocycles. The van der Waals surface area contributed by atoms with Crippen molar-refractivity contribution in [2.24, 2.45) is 0 Å². The molecule has 1 rings (SSSR count). The number of hydrogen-bond donors (Lipinski definition) is 0. The molecule has 1 aromatic rings. The largest absolute Gasteiger partial charge is 1.00 e. The van der Waals surface area contributed by atoms with Gasteiger partial charge in [-0.25, -0.2) is 0 Å². The van der Waals surface area contributed by atoms with Crippen molar-refractivity contribution < 1.29 is 51.4 Å². The zero-order valence-electron chi connectivity index (χ0n) is 8.02. The second-order valence-electron chi connectivity index (χ2n) is 1.93. The first kappa shape index (κ1) is 14.3. The van der Waals surface area contributed by atoms with Crippen LogP contribution in [0, 0.1) is 13.8 Å². The second-order valence-corrected chi connectivity index (χ2v) is 1.93. The fourth-order valence-electron chi connectivity index (χ4n) is 0.610. The van der Waals surface area contributed by atoms with Crippen molar-refractivity contribution in [3.05, 3.63) is 42.3 Å². The summed E-state index contributed by atoms with van der Waals surface area (Å²) >= 11 is 0. The Hall–Kier alpha value is 0.726. The van der Waals surface area contributed by atoms with Crippen LogP contribution in [0.2, 0.25) is 0 Å². The smallest absolute Gasteiger partial charge is 0.198 e. The molecule has 0 spiro atoms. The summed E-state index contributed by atoms with van der Waals surface area (Å²) in [5.74, 6) is 0. The molecular weight excluding hydrogens is 159 g/mol. The Bertz CT molecular complexity index is 161. The van der Waals surface area contributed by atoms with Gasteiger partial charge in [-0.1, -0.05) is 26.8 Å². The van der Waals surface area contributed by atoms with Crippen molar-refractivity contribution in [3.63, 3.8) is 0 Å². The van der Waals surface area contributed by atoms with Crippen LogP contribution in [0.1, 0.15) is 25.0 Å². The normalized spacial score (nSPS) is 7.18. The van der Waals surface area contributed by atoms with E-state index in [9.17, 15) is 0 Å². The molecule has 56 valence electrons. The summed E-state index contributed by atoms with van der Waals surface area (Å²) in [6.45, 7) is 9.88. The van der Waals surface area contributed by atoms with Gasteiger partial charge in [0.25, 0.3) is 0 Å². The van der Waals surface area contributed by atoms with E-state index in [4.69, 9.17) is 0 Å². The van der Waals surface area contributed by atoms with Crippen molar-refractivity contribution in [1.29, 1.82) is 0 Å². The monoisotopic (exact) mass is 174 g/mol. The van der Waals surface area contributed by atoms with Crippen molar-refractivity contribution in [3.8, 4) is 0 Å². The topological polar surface area (TPSA) is 0 Å². The molecule has 0 amide bonds. The minimum Gasteiger partial charge on any atom is -0.198 e. The van der Waals surface area contributed by atoms with Gasteiger partial charge in [0.1, 0.15) is 0 Å². The maximum Gasteiger partial charge on any atom is 1.00 e. The Labute approximate surface area is 113 Å². The molecule has 0 aliphatic carbocycles. The van der Waals surface area contributed by atoms with Crippen LogP contribution < -0.4 is 51.4 Å². The SMILES string of the molecule is CC.[CH2-]c1ccccc1C.[K+]. The van der Waals surface area contributed by atoms with Crippen LogP contribution in [-0.4, -0.2) is 0 Å². The molecule has 11 heavy (non-hydrogen) atoms. The summed E-state index contributed by atoms with van der Waals surface area (Å²) < 4.78 is 0. The zero-order chi connectivity index (χ0) is 7.98. The van der Waals surface area contributed by atoms with Gasteiger partial charge in [0, 0.05) is 0 Å². The van der Waals surface area contributed by atoms with E-state index in [1.165, 1.54) is 5.56 Å². The first-order valence-corrected chi connectivity index (χ1v) is 3.68. The standard InChI is InChI=1S/C8H9.C2H6.K/c1-7-5-3-4-6-8(7)2;1-2;/h3-6H,1H2,2H3;1-2H3;/q-1;;+1. The van der Waals surface area contributed by atoms with E-state index in [0.29, 0.717) is 0 Å². The maximum absolute atomic E-state index is 3.82. The Balaban J connectivity index is 0. The van der Waals surface area contributed by atoms with Gasteiger partial charge in [-0.15, -0.1) is 12.1 Å². The van der Waals surface area contributed by atoms with Gasteiger partial charge in [-0.05, 0) is 0 Å². The number of aryl methyl sites for hydroxylation is 1. The van der Waals surface area contributed by atoms with Gasteiger partial charge >= 0.3 is 51.4 Å². The second kappa shape index (κ2) is 8.82. The van der Waals surface area contributed by atoms with E-state index in [2.05, 4.69) is 19.9 Å². The van der Waals surface area contributed by atoms with Gasteiger partial charge in [-0.3, -0.25) is 0 Å². The summed E-state index contributed by atoms with van der Waals surface area (Å²) in [7, 11) is 0. The van der Waals surface area contributed by atoms with E-state index < -0.39 is 0 Å². The molecule has 0 saturated heterocycles. The fourth-order valence-corrected chi connectivity index (χ4v) is 0.610. The molecule has 0 saturated carbocycles. The zero-order valence-corrected chi connectivity index (χ0v) is 11.1. The summed E-state index contributed by atoms with van der Waals surface area (Å²) in [6, 6.07) is 8.08. The van der Waals surface area contributed by atoms with Crippen LogP contribution in [0.15, 0.2) is 24.3 Å². The van der Waals surface area contributed by atoms with E-state index in [1.54, 1.807) is 0 Å². The van der Waals surface area contributed by atoms with Gasteiger partial charge in [0.05, 0.1) is 0 Å². The van der Waals surface area contributed by atoms with Crippen LogP contribution in [0.25, 0.3) is 0 Å². The predicted molar refractivity (Wildman–Crippen MR) is 47.0 cm³/mol. The fraction of sp³-hybridized carbons (Fsp3) is 0.300. The third-order valence-corrected chi connectivity index (χ3v) is 1.26. The minimum atomic E-state index is 0. The quantitative estimate of drug-likeness (QED) is 0.389. The summed E-state index contributed by atoms with van der Waals surface area (Å²) in [5, 5.41) is 0. The molecule has 0 atom stereocenters. The predicted octanol–water partition coefficient (Wildman–Crippen LogP) is 0.207. The van der Waals surface area contributed by atoms with Crippen LogP contribution in [0.5, 0.6) is 0 Å². The average Bonchev–Trinajstić information content (AvgIpc) is 2.00. The van der Waals surface area contributed by atoms with Crippen LogP contribution in [0.3, 0.4) is 0 Å². The minimum absolute atomic E-state index is 0. The average molecular weight is 174 g/mol. The summed E-state index contributed by atoms with van der Waals surface area (Å²) in [4.78, 5) is 0. The maximum atomic E-state index is 3.82. The number of benzene rings is 1. The first-order chi connectivity index (χ1) is 4.80. The van der Waals surface area contributed by atoms with Gasteiger partial charge in [-0.2, -0.15) is 24.1 Å². The number of rotatable bonds is 0. The molecule has 0 radical (unpaired) electrons. The molecule has 1 heteroatoms. The molecule has 0 bridgehead atoms. The molecular formula is C10H15K. The van der Waals surface area contributed by atoms with E-state index in [-0.39, 0.29) is 51.4 Å². The van der Waals surface area contributed by atoms with Crippen molar-refractivity contribution in [2.45, 2.75) is 20.8 Å². The number of hydrogen-bond acceptors (Lipinski definition) is 0. The van der Waals surface area contributed by atoms with Crippen LogP contribution in [0.4, 0.5) is 0 Å². The first-order valence-electron chi connectivity index (χ1n) is 3.68. The molecule has 0 heterocycles. The van der Waals surface area contributed by atoms with E-state index in [1.807, 2.05) is 32.0 Å². The Morgan fingerprint density at radius 3 is 1.82 bits per heavy atom. The molecule has 0 unspecified atom stereocenters. The van der Waals surface area contributed by atoms with Gasteiger partial charge < -0.3 is 0 Å². The van der Waals surface area contributed by atoms with Crippen LogP contribution in [-0.2, 0) is 0 Å². The van der Waals surface area contributed by atoms with E-state index >= 15 is 0 Å². The molecule has 0 nitrogen and oxygen atoms in total. The summed E-state index contributed by atoms with van der Waals surface area (Å²) in [5.41, 5.74) is 2.38. The molecule has 0 fully saturated rings. The van der Waals surface area contributed by atoms with E-state index in [0.717, 1.165) is 5.56 Å². The van der Waals surface area contributed by atoms with Gasteiger partial charge in [0.2, 0.25) is 0 Å². The summed E-state index contributed by atoms with van der Waals surface area (Å²) in [6.07, 6.45) is 0.